The summed E-state index contributed by atoms with van der Waals surface area (Å²) in [7, 11) is 2.17. The lowest BCUT2D eigenvalue weighted by molar-refractivity contribution is 0.208. The monoisotopic (exact) mass is 450 g/mol. The molecule has 8 heteroatoms. The van der Waals surface area contributed by atoms with E-state index in [4.69, 9.17) is 4.98 Å². The molecule has 0 unspecified atom stereocenters. The van der Waals surface area contributed by atoms with Gasteiger partial charge in [-0.3, -0.25) is 4.98 Å². The maximum Gasteiger partial charge on any atom is 0.186 e. The molecule has 0 spiro atoms. The topological polar surface area (TPSA) is 58.4 Å². The van der Waals surface area contributed by atoms with E-state index >= 15 is 0 Å². The number of halogens is 1. The minimum atomic E-state index is -0.343. The molecule has 166 valence electrons. The molecule has 0 radical (unpaired) electrons. The molecule has 6 nitrogen and oxygen atoms in total. The third-order valence-electron chi connectivity index (χ3n) is 7.24. The smallest absolute Gasteiger partial charge is 0.186 e. The zero-order valence-corrected chi connectivity index (χ0v) is 19.6. The Morgan fingerprint density at radius 2 is 1.91 bits per heavy atom. The van der Waals surface area contributed by atoms with Crippen molar-refractivity contribution in [2.24, 2.45) is 0 Å². The van der Waals surface area contributed by atoms with Crippen molar-refractivity contribution in [3.63, 3.8) is 0 Å². The zero-order valence-electron chi connectivity index (χ0n) is 18.8. The molecule has 2 fully saturated rings. The van der Waals surface area contributed by atoms with Gasteiger partial charge in [0.15, 0.2) is 16.6 Å². The lowest BCUT2D eigenvalue weighted by Gasteiger charge is -2.45. The average Bonchev–Trinajstić information content (AvgIpc) is 3.39. The largest absolute Gasteiger partial charge is 0.348 e. The molecule has 0 saturated carbocycles. The van der Waals surface area contributed by atoms with Crippen LogP contribution in [0.5, 0.6) is 0 Å². The molecule has 1 N–H and O–H groups in total. The van der Waals surface area contributed by atoms with Crippen LogP contribution in [0.3, 0.4) is 0 Å². The summed E-state index contributed by atoms with van der Waals surface area (Å²) in [6.45, 7) is 6.56. The number of aryl methyl sites for hydroxylation is 1. The Bertz CT molecular complexity index is 1340. The fourth-order valence-corrected chi connectivity index (χ4v) is 6.71. The van der Waals surface area contributed by atoms with Crippen LogP contribution in [0.15, 0.2) is 30.7 Å². The molecule has 32 heavy (non-hydrogen) atoms. The van der Waals surface area contributed by atoms with E-state index in [0.29, 0.717) is 11.7 Å². The number of nitrogens with zero attached hydrogens (tertiary/aromatic N) is 5. The number of nitrogens with one attached hydrogen (secondary N) is 1. The van der Waals surface area contributed by atoms with Gasteiger partial charge in [-0.25, -0.2) is 14.4 Å². The molecule has 2 aliphatic rings. The highest BCUT2D eigenvalue weighted by Gasteiger charge is 2.49. The summed E-state index contributed by atoms with van der Waals surface area (Å²) in [5.41, 5.74) is 3.91. The maximum absolute atomic E-state index is 14.6. The highest BCUT2D eigenvalue weighted by molar-refractivity contribution is 7.22. The molecule has 4 aromatic heterocycles. The normalized spacial score (nSPS) is 27.5. The first kappa shape index (κ1) is 20.1. The van der Waals surface area contributed by atoms with Gasteiger partial charge in [0.2, 0.25) is 0 Å². The summed E-state index contributed by atoms with van der Waals surface area (Å²) in [5, 5.41) is 4.88. The van der Waals surface area contributed by atoms with Gasteiger partial charge >= 0.3 is 0 Å². The van der Waals surface area contributed by atoms with E-state index in [-0.39, 0.29) is 16.9 Å². The van der Waals surface area contributed by atoms with Crippen LogP contribution >= 0.6 is 11.3 Å². The van der Waals surface area contributed by atoms with Gasteiger partial charge in [0, 0.05) is 42.1 Å². The minimum Gasteiger partial charge on any atom is -0.348 e. The fourth-order valence-electron chi connectivity index (χ4n) is 5.70. The number of anilines is 1. The summed E-state index contributed by atoms with van der Waals surface area (Å²) in [6, 6.07) is 3.99. The Kier molecular flexibility index (Phi) is 4.21. The molecule has 3 atom stereocenters. The number of aromatic nitrogens is 4. The van der Waals surface area contributed by atoms with E-state index in [1.54, 1.807) is 21.9 Å². The van der Waals surface area contributed by atoms with Crippen molar-refractivity contribution in [1.29, 1.82) is 0 Å². The van der Waals surface area contributed by atoms with Gasteiger partial charge in [0.25, 0.3) is 0 Å². The van der Waals surface area contributed by atoms with E-state index in [0.717, 1.165) is 45.1 Å². The first-order valence-electron chi connectivity index (χ1n) is 11.1. The number of fused-ring (bicyclic) bond motifs is 4. The number of imidazole rings is 1. The molecule has 6 heterocycles. The number of piperidine rings is 1. The van der Waals surface area contributed by atoms with Gasteiger partial charge in [-0.1, -0.05) is 11.3 Å². The standard InChI is InChI=1S/C24H27FN6S/c1-14-12-31-13-15(7-17(25)21(31)27-14)18-8-20-19(11-26-18)28-22(32-20)30(4)16-9-23(2)5-6-24(3,10-16)29-23/h7-8,11-13,16,29H,5-6,9-10H2,1-4H3/t16-,23+,24-. The molecule has 2 aliphatic heterocycles. The Labute approximate surface area is 190 Å². The molecule has 0 aromatic carbocycles. The van der Waals surface area contributed by atoms with Crippen molar-refractivity contribution in [3.05, 3.63) is 42.2 Å². The van der Waals surface area contributed by atoms with Crippen LogP contribution in [0, 0.1) is 12.7 Å². The minimum absolute atomic E-state index is 0.214. The van der Waals surface area contributed by atoms with E-state index in [9.17, 15) is 4.39 Å². The molecule has 2 saturated heterocycles. The van der Waals surface area contributed by atoms with E-state index in [2.05, 4.69) is 41.1 Å². The summed E-state index contributed by atoms with van der Waals surface area (Å²) in [6.07, 6.45) is 10.2. The van der Waals surface area contributed by atoms with E-state index in [1.807, 2.05) is 25.4 Å². The van der Waals surface area contributed by atoms with Crippen LogP contribution < -0.4 is 10.2 Å². The number of pyridine rings is 2. The summed E-state index contributed by atoms with van der Waals surface area (Å²) < 4.78 is 17.4. The van der Waals surface area contributed by atoms with Gasteiger partial charge in [0.05, 0.1) is 22.3 Å². The molecule has 2 bridgehead atoms. The predicted molar refractivity (Wildman–Crippen MR) is 127 cm³/mol. The Morgan fingerprint density at radius 3 is 2.66 bits per heavy atom. The third kappa shape index (κ3) is 3.19. The second-order valence-electron chi connectivity index (χ2n) is 10.1. The van der Waals surface area contributed by atoms with Crippen molar-refractivity contribution in [2.75, 3.05) is 11.9 Å². The summed E-state index contributed by atoms with van der Waals surface area (Å²) in [5.74, 6) is -0.343. The van der Waals surface area contributed by atoms with Gasteiger partial charge in [0.1, 0.15) is 5.52 Å². The van der Waals surface area contributed by atoms with Gasteiger partial charge in [-0.2, -0.15) is 0 Å². The molecule has 6 rings (SSSR count). The number of hydrogen-bond donors (Lipinski definition) is 1. The van der Waals surface area contributed by atoms with Crippen LogP contribution in [0.2, 0.25) is 0 Å². The maximum atomic E-state index is 14.6. The number of hydrogen-bond acceptors (Lipinski definition) is 6. The first-order valence-corrected chi connectivity index (χ1v) is 12.0. The number of thiazole rings is 1. The van der Waals surface area contributed by atoms with Crippen molar-refractivity contribution in [2.45, 2.75) is 63.6 Å². The second kappa shape index (κ2) is 6.71. The molecular formula is C24H27FN6S. The van der Waals surface area contributed by atoms with Crippen molar-refractivity contribution in [1.82, 2.24) is 24.7 Å². The summed E-state index contributed by atoms with van der Waals surface area (Å²) >= 11 is 1.68. The third-order valence-corrected chi connectivity index (χ3v) is 8.35. The molecule has 4 aromatic rings. The van der Waals surface area contributed by atoms with Crippen LogP contribution in [-0.2, 0) is 0 Å². The predicted octanol–water partition coefficient (Wildman–Crippen LogP) is 4.95. The van der Waals surface area contributed by atoms with Gasteiger partial charge in [-0.15, -0.1) is 0 Å². The molecule has 0 amide bonds. The Morgan fingerprint density at radius 1 is 1.16 bits per heavy atom. The molecule has 0 aliphatic carbocycles. The van der Waals surface area contributed by atoms with Crippen LogP contribution in [0.25, 0.3) is 27.1 Å². The van der Waals surface area contributed by atoms with Crippen LogP contribution in [-0.4, -0.2) is 43.5 Å². The Balaban J connectivity index is 1.33. The highest BCUT2D eigenvalue weighted by atomic mass is 32.1. The number of rotatable bonds is 3. The van der Waals surface area contributed by atoms with Crippen LogP contribution in [0.1, 0.15) is 45.2 Å². The first-order chi connectivity index (χ1) is 15.2. The van der Waals surface area contributed by atoms with Crippen LogP contribution in [0.4, 0.5) is 9.52 Å². The lowest BCUT2D eigenvalue weighted by Crippen LogP contribution is -2.58. The quantitative estimate of drug-likeness (QED) is 0.478. The van der Waals surface area contributed by atoms with Gasteiger partial charge in [-0.05, 0) is 58.6 Å². The van der Waals surface area contributed by atoms with E-state index < -0.39 is 0 Å². The molecular weight excluding hydrogens is 423 g/mol. The van der Waals surface area contributed by atoms with Crippen molar-refractivity contribution >= 4 is 32.3 Å². The SMILES string of the molecule is Cc1cn2cc(-c3cc4sc(N(C)[C@@H]5C[C@]6(C)CC[C@](C)(C5)N6)nc4cn3)cc(F)c2n1. The Hall–Kier alpha value is -2.58. The lowest BCUT2D eigenvalue weighted by atomic mass is 9.84. The average molecular weight is 451 g/mol. The second-order valence-corrected chi connectivity index (χ2v) is 11.2. The van der Waals surface area contributed by atoms with E-state index in [1.165, 1.54) is 18.9 Å². The fraction of sp³-hybridized carbons (Fsp3) is 0.458. The van der Waals surface area contributed by atoms with Gasteiger partial charge < -0.3 is 14.6 Å². The summed E-state index contributed by atoms with van der Waals surface area (Å²) in [4.78, 5) is 16.1. The van der Waals surface area contributed by atoms with Crippen molar-refractivity contribution < 1.29 is 4.39 Å². The van der Waals surface area contributed by atoms with Crippen molar-refractivity contribution in [3.8, 4) is 11.3 Å². The zero-order chi connectivity index (χ0) is 22.3. The highest BCUT2D eigenvalue weighted by Crippen LogP contribution is 2.44.